The van der Waals surface area contributed by atoms with Crippen molar-refractivity contribution in [2.45, 2.75) is 25.7 Å². The number of nitrogens with zero attached hydrogens (tertiary/aromatic N) is 1. The van der Waals surface area contributed by atoms with Crippen LogP contribution < -0.4 is 4.90 Å². The maximum Gasteiger partial charge on any atom is 0.238 e. The van der Waals surface area contributed by atoms with Gasteiger partial charge >= 0.3 is 0 Å². The van der Waals surface area contributed by atoms with Crippen molar-refractivity contribution in [2.75, 3.05) is 4.90 Å². The molecule has 1 aliphatic heterocycles. The first-order chi connectivity index (χ1) is 14.1. The van der Waals surface area contributed by atoms with Crippen LogP contribution in [0.15, 0.2) is 66.7 Å². The Morgan fingerprint density at radius 1 is 0.655 bits per heavy atom. The zero-order valence-electron chi connectivity index (χ0n) is 16.4. The number of aryl methyl sites for hydroxylation is 2. The lowest BCUT2D eigenvalue weighted by molar-refractivity contribution is -0.122. The van der Waals surface area contributed by atoms with Crippen molar-refractivity contribution < 1.29 is 9.59 Å². The SMILES string of the molecule is Cc1ccc(N2C(=O)[C@H]3C4c5ccccc5C(c5ccccc54)[C@@H]3C2=O)c(C)c1. The maximum absolute atomic E-state index is 13.7. The molecule has 2 atom stereocenters. The lowest BCUT2D eigenvalue weighted by atomic mass is 9.55. The van der Waals surface area contributed by atoms with Gasteiger partial charge in [-0.05, 0) is 47.7 Å². The molecular formula is C26H21NO2. The standard InChI is InChI=1S/C26H21NO2/c1-14-11-12-20(15(2)13-14)27-25(28)23-21-16-7-3-4-8-17(16)22(24(23)26(27)29)19-10-6-5-9-18(19)21/h3-13,21-24H,1-2H3/t21?,22?,23-,24-/m0/s1. The van der Waals surface area contributed by atoms with Gasteiger partial charge in [0.15, 0.2) is 0 Å². The van der Waals surface area contributed by atoms with E-state index < -0.39 is 0 Å². The first-order valence-corrected chi connectivity index (χ1v) is 10.2. The summed E-state index contributed by atoms with van der Waals surface area (Å²) in [7, 11) is 0. The van der Waals surface area contributed by atoms with Crippen LogP contribution in [0.5, 0.6) is 0 Å². The molecule has 1 fully saturated rings. The number of rotatable bonds is 1. The number of carbonyl (C=O) groups is 2. The van der Waals surface area contributed by atoms with E-state index in [0.29, 0.717) is 0 Å². The number of hydrogen-bond acceptors (Lipinski definition) is 2. The fourth-order valence-corrected chi connectivity index (χ4v) is 5.97. The number of anilines is 1. The zero-order valence-corrected chi connectivity index (χ0v) is 16.4. The van der Waals surface area contributed by atoms with Crippen LogP contribution in [0.25, 0.3) is 0 Å². The van der Waals surface area contributed by atoms with E-state index >= 15 is 0 Å². The summed E-state index contributed by atoms with van der Waals surface area (Å²) in [6, 6.07) is 22.6. The van der Waals surface area contributed by atoms with Gasteiger partial charge in [-0.25, -0.2) is 4.90 Å². The second-order valence-corrected chi connectivity index (χ2v) is 8.57. The van der Waals surface area contributed by atoms with Crippen LogP contribution in [0.2, 0.25) is 0 Å². The molecule has 2 amide bonds. The molecule has 1 saturated heterocycles. The Kier molecular flexibility index (Phi) is 3.27. The third kappa shape index (κ3) is 2.02. The van der Waals surface area contributed by atoms with Crippen LogP contribution >= 0.6 is 0 Å². The van der Waals surface area contributed by atoms with E-state index in [2.05, 4.69) is 24.3 Å². The van der Waals surface area contributed by atoms with Gasteiger partial charge in [-0.2, -0.15) is 0 Å². The van der Waals surface area contributed by atoms with Gasteiger partial charge < -0.3 is 0 Å². The Morgan fingerprint density at radius 3 is 1.52 bits per heavy atom. The van der Waals surface area contributed by atoms with Crippen molar-refractivity contribution in [3.05, 3.63) is 100 Å². The van der Waals surface area contributed by atoms with E-state index in [-0.39, 0.29) is 35.5 Å². The lowest BCUT2D eigenvalue weighted by Gasteiger charge is -2.45. The minimum absolute atomic E-state index is 0.0500. The minimum Gasteiger partial charge on any atom is -0.274 e. The van der Waals surface area contributed by atoms with Gasteiger partial charge in [0, 0.05) is 11.8 Å². The van der Waals surface area contributed by atoms with Gasteiger partial charge in [0.05, 0.1) is 17.5 Å². The lowest BCUT2D eigenvalue weighted by Crippen LogP contribution is -2.41. The van der Waals surface area contributed by atoms with E-state index in [9.17, 15) is 9.59 Å². The smallest absolute Gasteiger partial charge is 0.238 e. The number of benzene rings is 3. The average molecular weight is 379 g/mol. The van der Waals surface area contributed by atoms with E-state index in [1.165, 1.54) is 27.2 Å². The molecule has 3 heteroatoms. The molecule has 7 rings (SSSR count). The van der Waals surface area contributed by atoms with Crippen molar-refractivity contribution >= 4 is 17.5 Å². The summed E-state index contributed by atoms with van der Waals surface area (Å²) in [5.41, 5.74) is 7.66. The normalized spacial score (nSPS) is 26.3. The Balaban J connectivity index is 1.57. The summed E-state index contributed by atoms with van der Waals surface area (Å²) in [5.74, 6) is -0.845. The highest BCUT2D eigenvalue weighted by molar-refractivity contribution is 6.23. The summed E-state index contributed by atoms with van der Waals surface area (Å²) in [5, 5.41) is 0. The molecule has 0 saturated carbocycles. The van der Waals surface area contributed by atoms with Gasteiger partial charge in [-0.1, -0.05) is 66.2 Å². The molecule has 1 heterocycles. The molecule has 3 aromatic rings. The van der Waals surface area contributed by atoms with Crippen LogP contribution in [0.1, 0.15) is 45.2 Å². The fraction of sp³-hybridized carbons (Fsp3) is 0.231. The summed E-state index contributed by atoms with van der Waals surface area (Å²) in [4.78, 5) is 28.9. The maximum atomic E-state index is 13.7. The Bertz CT molecular complexity index is 1100. The quantitative estimate of drug-likeness (QED) is 0.575. The highest BCUT2D eigenvalue weighted by atomic mass is 16.2. The van der Waals surface area contributed by atoms with Gasteiger partial charge in [0.2, 0.25) is 11.8 Å². The van der Waals surface area contributed by atoms with E-state index in [1.807, 2.05) is 56.3 Å². The van der Waals surface area contributed by atoms with Gasteiger partial charge in [0.25, 0.3) is 0 Å². The molecule has 0 aromatic heterocycles. The van der Waals surface area contributed by atoms with Crippen molar-refractivity contribution in [1.29, 1.82) is 0 Å². The highest BCUT2D eigenvalue weighted by Crippen LogP contribution is 2.61. The molecule has 29 heavy (non-hydrogen) atoms. The third-order valence-electron chi connectivity index (χ3n) is 7.04. The molecule has 0 radical (unpaired) electrons. The Morgan fingerprint density at radius 2 is 1.10 bits per heavy atom. The average Bonchev–Trinajstić information content (AvgIpc) is 2.99. The van der Waals surface area contributed by atoms with Crippen molar-refractivity contribution in [3.63, 3.8) is 0 Å². The Hall–Kier alpha value is -3.20. The predicted octanol–water partition coefficient (Wildman–Crippen LogP) is 4.70. The molecule has 2 bridgehead atoms. The molecule has 3 aromatic carbocycles. The first-order valence-electron chi connectivity index (χ1n) is 10.2. The molecule has 3 nitrogen and oxygen atoms in total. The van der Waals surface area contributed by atoms with Crippen LogP contribution in [-0.4, -0.2) is 11.8 Å². The predicted molar refractivity (Wildman–Crippen MR) is 112 cm³/mol. The van der Waals surface area contributed by atoms with Crippen LogP contribution in [0.3, 0.4) is 0 Å². The van der Waals surface area contributed by atoms with Crippen LogP contribution in [0, 0.1) is 25.7 Å². The molecule has 0 spiro atoms. The Labute approximate surface area is 170 Å². The van der Waals surface area contributed by atoms with E-state index in [4.69, 9.17) is 0 Å². The summed E-state index contributed by atoms with van der Waals surface area (Å²) >= 11 is 0. The second-order valence-electron chi connectivity index (χ2n) is 8.57. The molecule has 142 valence electrons. The summed E-state index contributed by atoms with van der Waals surface area (Å²) in [6.45, 7) is 4.00. The number of imide groups is 1. The van der Waals surface area contributed by atoms with Crippen molar-refractivity contribution in [2.24, 2.45) is 11.8 Å². The number of carbonyl (C=O) groups excluding carboxylic acids is 2. The molecule has 3 aliphatic carbocycles. The number of hydrogen-bond donors (Lipinski definition) is 0. The van der Waals surface area contributed by atoms with Crippen LogP contribution in [-0.2, 0) is 9.59 Å². The van der Waals surface area contributed by atoms with Gasteiger partial charge in [-0.15, -0.1) is 0 Å². The minimum atomic E-state index is -0.321. The van der Waals surface area contributed by atoms with E-state index in [1.54, 1.807) is 0 Å². The molecule has 4 aliphatic rings. The van der Waals surface area contributed by atoms with Crippen molar-refractivity contribution in [3.8, 4) is 0 Å². The second kappa shape index (κ2) is 5.66. The molecular weight excluding hydrogens is 358 g/mol. The van der Waals surface area contributed by atoms with Crippen molar-refractivity contribution in [1.82, 2.24) is 0 Å². The highest BCUT2D eigenvalue weighted by Gasteiger charge is 2.61. The third-order valence-corrected chi connectivity index (χ3v) is 7.04. The zero-order chi connectivity index (χ0) is 19.9. The van der Waals surface area contributed by atoms with Crippen LogP contribution in [0.4, 0.5) is 5.69 Å². The summed E-state index contributed by atoms with van der Waals surface area (Å²) in [6.07, 6.45) is 0. The van der Waals surface area contributed by atoms with E-state index in [0.717, 1.165) is 16.8 Å². The molecule has 0 N–H and O–H groups in total. The fourth-order valence-electron chi connectivity index (χ4n) is 5.97. The largest absolute Gasteiger partial charge is 0.274 e. The first kappa shape index (κ1) is 16.7. The topological polar surface area (TPSA) is 37.4 Å². The molecule has 0 unspecified atom stereocenters. The van der Waals surface area contributed by atoms with Gasteiger partial charge in [-0.3, -0.25) is 9.59 Å². The number of amides is 2. The van der Waals surface area contributed by atoms with Gasteiger partial charge in [0.1, 0.15) is 0 Å². The summed E-state index contributed by atoms with van der Waals surface area (Å²) < 4.78 is 0. The monoisotopic (exact) mass is 379 g/mol.